The maximum Gasteiger partial charge on any atom is 0.308 e. The van der Waals surface area contributed by atoms with E-state index in [2.05, 4.69) is 4.98 Å². The quantitative estimate of drug-likeness (QED) is 0.876. The molecular formula is C12H16N2O4S. The number of carboxylic acids is 1. The maximum atomic E-state index is 11.7. The lowest BCUT2D eigenvalue weighted by atomic mass is 9.99. The van der Waals surface area contributed by atoms with Gasteiger partial charge in [0.05, 0.1) is 5.92 Å². The molecule has 6 nitrogen and oxygen atoms in total. The van der Waals surface area contributed by atoms with E-state index < -0.39 is 21.7 Å². The van der Waals surface area contributed by atoms with Gasteiger partial charge >= 0.3 is 5.97 Å². The van der Waals surface area contributed by atoms with Gasteiger partial charge in [-0.1, -0.05) is 6.92 Å². The summed E-state index contributed by atoms with van der Waals surface area (Å²) in [6, 6.07) is 3.06. The Morgan fingerprint density at radius 2 is 2.16 bits per heavy atom. The molecule has 2 atom stereocenters. The highest BCUT2D eigenvalue weighted by molar-refractivity contribution is 7.90. The molecule has 2 rings (SSSR count). The van der Waals surface area contributed by atoms with Gasteiger partial charge < -0.3 is 10.0 Å². The zero-order valence-electron chi connectivity index (χ0n) is 10.8. The summed E-state index contributed by atoms with van der Waals surface area (Å²) in [4.78, 5) is 17.1. The molecule has 1 N–H and O–H groups in total. The summed E-state index contributed by atoms with van der Waals surface area (Å²) < 4.78 is 23.4. The summed E-state index contributed by atoms with van der Waals surface area (Å²) in [6.45, 7) is 2.63. The molecule has 0 bridgehead atoms. The number of anilines is 1. The van der Waals surface area contributed by atoms with Gasteiger partial charge in [-0.2, -0.15) is 0 Å². The molecule has 1 aliphatic rings. The zero-order chi connectivity index (χ0) is 14.2. The number of nitrogens with zero attached hydrogens (tertiary/aromatic N) is 2. The van der Waals surface area contributed by atoms with E-state index in [1.165, 1.54) is 12.3 Å². The van der Waals surface area contributed by atoms with E-state index >= 15 is 0 Å². The number of sulfone groups is 1. The van der Waals surface area contributed by atoms with Gasteiger partial charge in [-0.3, -0.25) is 4.79 Å². The van der Waals surface area contributed by atoms with Crippen LogP contribution >= 0.6 is 0 Å². The van der Waals surface area contributed by atoms with Crippen molar-refractivity contribution in [2.75, 3.05) is 24.2 Å². The van der Waals surface area contributed by atoms with Crippen molar-refractivity contribution in [1.82, 2.24) is 4.98 Å². The first kappa shape index (κ1) is 13.8. The molecule has 1 aromatic rings. The van der Waals surface area contributed by atoms with Crippen LogP contribution in [0, 0.1) is 11.8 Å². The minimum absolute atomic E-state index is 0.0353. The van der Waals surface area contributed by atoms with Crippen LogP contribution in [0.4, 0.5) is 5.82 Å². The van der Waals surface area contributed by atoms with Crippen LogP contribution in [0.25, 0.3) is 0 Å². The maximum absolute atomic E-state index is 11.7. The van der Waals surface area contributed by atoms with Crippen molar-refractivity contribution in [3.63, 3.8) is 0 Å². The third-order valence-electron chi connectivity index (χ3n) is 3.38. The molecule has 1 fully saturated rings. The molecule has 7 heteroatoms. The minimum Gasteiger partial charge on any atom is -0.481 e. The summed E-state index contributed by atoms with van der Waals surface area (Å²) in [5.41, 5.74) is 0. The Labute approximate surface area is 112 Å². The molecule has 2 unspecified atom stereocenters. The molecule has 0 aromatic carbocycles. The smallest absolute Gasteiger partial charge is 0.308 e. The fraction of sp³-hybridized carbons (Fsp3) is 0.500. The first-order valence-corrected chi connectivity index (χ1v) is 7.82. The molecule has 0 saturated carbocycles. The van der Waals surface area contributed by atoms with E-state index in [9.17, 15) is 13.2 Å². The second-order valence-corrected chi connectivity index (χ2v) is 6.91. The van der Waals surface area contributed by atoms with E-state index in [-0.39, 0.29) is 17.4 Å². The summed E-state index contributed by atoms with van der Waals surface area (Å²) >= 11 is 0. The number of rotatable bonds is 3. The summed E-state index contributed by atoms with van der Waals surface area (Å²) in [5, 5.41) is 9.11. The Hall–Kier alpha value is -1.63. The Kier molecular flexibility index (Phi) is 3.49. The number of carboxylic acid groups (broad SMARTS) is 1. The molecular weight excluding hydrogens is 268 g/mol. The molecule has 2 heterocycles. The van der Waals surface area contributed by atoms with E-state index in [0.29, 0.717) is 12.4 Å². The molecule has 1 aliphatic heterocycles. The molecule has 1 saturated heterocycles. The Balaban J connectivity index is 2.37. The van der Waals surface area contributed by atoms with Gasteiger partial charge in [0, 0.05) is 25.5 Å². The minimum atomic E-state index is -3.38. The van der Waals surface area contributed by atoms with Gasteiger partial charge in [0.25, 0.3) is 0 Å². The first-order chi connectivity index (χ1) is 8.80. The van der Waals surface area contributed by atoms with Crippen molar-refractivity contribution >= 4 is 21.6 Å². The number of hydrogen-bond acceptors (Lipinski definition) is 5. The zero-order valence-corrected chi connectivity index (χ0v) is 11.6. The molecule has 19 heavy (non-hydrogen) atoms. The van der Waals surface area contributed by atoms with Gasteiger partial charge in [-0.05, 0) is 18.1 Å². The van der Waals surface area contributed by atoms with Gasteiger partial charge in [0.15, 0.2) is 9.84 Å². The Bertz CT molecular complexity index is 600. The number of aliphatic carboxylic acids is 1. The lowest BCUT2D eigenvalue weighted by molar-refractivity contribution is -0.142. The van der Waals surface area contributed by atoms with E-state index in [1.54, 1.807) is 11.0 Å². The predicted molar refractivity (Wildman–Crippen MR) is 69.8 cm³/mol. The van der Waals surface area contributed by atoms with Crippen LogP contribution in [-0.4, -0.2) is 43.8 Å². The Morgan fingerprint density at radius 3 is 2.68 bits per heavy atom. The fourth-order valence-corrected chi connectivity index (χ4v) is 3.21. The van der Waals surface area contributed by atoms with E-state index in [4.69, 9.17) is 5.11 Å². The highest BCUT2D eigenvalue weighted by Gasteiger charge is 2.36. The third-order valence-corrected chi connectivity index (χ3v) is 4.50. The highest BCUT2D eigenvalue weighted by Crippen LogP contribution is 2.30. The average Bonchev–Trinajstić information content (AvgIpc) is 2.70. The van der Waals surface area contributed by atoms with Crippen LogP contribution in [0.1, 0.15) is 6.92 Å². The van der Waals surface area contributed by atoms with Crippen molar-refractivity contribution in [3.8, 4) is 0 Å². The lowest BCUT2D eigenvalue weighted by Gasteiger charge is -2.19. The molecule has 0 aliphatic carbocycles. The second kappa shape index (κ2) is 4.80. The molecule has 1 aromatic heterocycles. The van der Waals surface area contributed by atoms with Crippen molar-refractivity contribution in [1.29, 1.82) is 0 Å². The first-order valence-electron chi connectivity index (χ1n) is 5.93. The number of pyridine rings is 1. The number of hydrogen-bond donors (Lipinski definition) is 1. The van der Waals surface area contributed by atoms with Crippen LogP contribution in [0.3, 0.4) is 0 Å². The van der Waals surface area contributed by atoms with Crippen molar-refractivity contribution in [3.05, 3.63) is 18.3 Å². The van der Waals surface area contributed by atoms with Crippen molar-refractivity contribution in [2.45, 2.75) is 11.8 Å². The molecule has 104 valence electrons. The van der Waals surface area contributed by atoms with Gasteiger partial charge in [0.2, 0.25) is 0 Å². The lowest BCUT2D eigenvalue weighted by Crippen LogP contribution is -2.25. The second-order valence-electron chi connectivity index (χ2n) is 4.92. The number of aromatic nitrogens is 1. The van der Waals surface area contributed by atoms with Gasteiger partial charge in [-0.25, -0.2) is 13.4 Å². The monoisotopic (exact) mass is 284 g/mol. The summed E-state index contributed by atoms with van der Waals surface area (Å²) in [6.07, 6.45) is 2.64. The van der Waals surface area contributed by atoms with Gasteiger partial charge in [0.1, 0.15) is 10.7 Å². The van der Waals surface area contributed by atoms with Gasteiger partial charge in [-0.15, -0.1) is 0 Å². The SMILES string of the molecule is CC1CN(c2ncccc2S(C)(=O)=O)CC1C(=O)O. The molecule has 0 amide bonds. The van der Waals surface area contributed by atoms with Crippen LogP contribution < -0.4 is 4.90 Å². The van der Waals surface area contributed by atoms with Crippen LogP contribution in [-0.2, 0) is 14.6 Å². The van der Waals surface area contributed by atoms with Crippen LogP contribution in [0.2, 0.25) is 0 Å². The summed E-state index contributed by atoms with van der Waals surface area (Å²) in [5.74, 6) is -1.03. The fourth-order valence-electron chi connectivity index (χ4n) is 2.37. The van der Waals surface area contributed by atoms with Crippen molar-refractivity contribution < 1.29 is 18.3 Å². The predicted octanol–water partition coefficient (Wildman–Crippen LogP) is 0.642. The standard InChI is InChI=1S/C12H16N2O4S/c1-8-6-14(7-9(8)12(15)16)11-10(19(2,17)18)4-3-5-13-11/h3-5,8-9H,6-7H2,1-2H3,(H,15,16). The Morgan fingerprint density at radius 1 is 1.47 bits per heavy atom. The molecule has 0 radical (unpaired) electrons. The molecule has 0 spiro atoms. The summed E-state index contributed by atoms with van der Waals surface area (Å²) in [7, 11) is -3.38. The number of carbonyl (C=O) groups is 1. The third kappa shape index (κ3) is 2.70. The van der Waals surface area contributed by atoms with E-state index in [0.717, 1.165) is 6.26 Å². The van der Waals surface area contributed by atoms with Crippen LogP contribution in [0.15, 0.2) is 23.2 Å². The largest absolute Gasteiger partial charge is 0.481 e. The van der Waals surface area contributed by atoms with E-state index in [1.807, 2.05) is 6.92 Å². The average molecular weight is 284 g/mol. The topological polar surface area (TPSA) is 87.6 Å². The van der Waals surface area contributed by atoms with Crippen molar-refractivity contribution in [2.24, 2.45) is 11.8 Å². The van der Waals surface area contributed by atoms with Crippen LogP contribution in [0.5, 0.6) is 0 Å². The highest BCUT2D eigenvalue weighted by atomic mass is 32.2. The normalized spacial score (nSPS) is 23.6.